The third-order valence-electron chi connectivity index (χ3n) is 4.97. The van der Waals surface area contributed by atoms with Gasteiger partial charge in [-0.2, -0.15) is 0 Å². The minimum absolute atomic E-state index is 0.00617. The Hall–Kier alpha value is -1.69. The standard InChI is InChI=1S/C18H31N5O/c1-13-15(14(2)22-17(19)21-13)8-9-16(24)20-12-18(3,4)23-10-6-5-7-11-23/h5-12H2,1-4H3,(H,20,24)(H2,19,21,22). The number of nitrogen functional groups attached to an aromatic ring is 1. The molecule has 3 N–H and O–H groups in total. The van der Waals surface area contributed by atoms with Gasteiger partial charge >= 0.3 is 0 Å². The summed E-state index contributed by atoms with van der Waals surface area (Å²) in [6.45, 7) is 11.2. The number of rotatable bonds is 6. The van der Waals surface area contributed by atoms with Crippen molar-refractivity contribution in [2.45, 2.75) is 65.3 Å². The first kappa shape index (κ1) is 18.6. The third-order valence-corrected chi connectivity index (χ3v) is 4.97. The van der Waals surface area contributed by atoms with E-state index in [-0.39, 0.29) is 11.4 Å². The molecule has 1 fully saturated rings. The Morgan fingerprint density at radius 3 is 2.33 bits per heavy atom. The van der Waals surface area contributed by atoms with Crippen LogP contribution < -0.4 is 11.1 Å². The SMILES string of the molecule is Cc1nc(N)nc(C)c1CCC(=O)NCC(C)(C)N1CCCCC1. The van der Waals surface area contributed by atoms with E-state index >= 15 is 0 Å². The topological polar surface area (TPSA) is 84.1 Å². The molecule has 1 aromatic heterocycles. The molecule has 1 amide bonds. The second kappa shape index (κ2) is 7.92. The Morgan fingerprint density at radius 1 is 1.17 bits per heavy atom. The molecule has 0 saturated carbocycles. The van der Waals surface area contributed by atoms with Crippen LogP contribution in [0.15, 0.2) is 0 Å². The van der Waals surface area contributed by atoms with Gasteiger partial charge in [0.15, 0.2) is 0 Å². The number of hydrogen-bond donors (Lipinski definition) is 2. The highest BCUT2D eigenvalue weighted by Crippen LogP contribution is 2.20. The zero-order valence-corrected chi connectivity index (χ0v) is 15.5. The summed E-state index contributed by atoms with van der Waals surface area (Å²) in [5.41, 5.74) is 8.40. The third kappa shape index (κ3) is 4.90. The van der Waals surface area contributed by atoms with Crippen molar-refractivity contribution in [3.05, 3.63) is 17.0 Å². The minimum atomic E-state index is 0.00617. The summed E-state index contributed by atoms with van der Waals surface area (Å²) in [4.78, 5) is 23.1. The van der Waals surface area contributed by atoms with Gasteiger partial charge in [-0.15, -0.1) is 0 Å². The molecule has 0 bridgehead atoms. The van der Waals surface area contributed by atoms with Crippen LogP contribution in [0, 0.1) is 13.8 Å². The predicted octanol–water partition coefficient (Wildman–Crippen LogP) is 1.99. The summed E-state index contributed by atoms with van der Waals surface area (Å²) in [6.07, 6.45) is 4.93. The molecular weight excluding hydrogens is 302 g/mol. The maximum absolute atomic E-state index is 12.2. The number of carbonyl (C=O) groups is 1. The van der Waals surface area contributed by atoms with Crippen LogP contribution in [0.3, 0.4) is 0 Å². The van der Waals surface area contributed by atoms with Gasteiger partial charge in [0.2, 0.25) is 11.9 Å². The van der Waals surface area contributed by atoms with Crippen LogP contribution in [0.1, 0.15) is 56.5 Å². The van der Waals surface area contributed by atoms with Crippen LogP contribution in [-0.4, -0.2) is 45.9 Å². The molecule has 0 aliphatic carbocycles. The lowest BCUT2D eigenvalue weighted by Gasteiger charge is -2.41. The summed E-state index contributed by atoms with van der Waals surface area (Å²) in [7, 11) is 0. The van der Waals surface area contributed by atoms with Gasteiger partial charge in [0.05, 0.1) is 0 Å². The van der Waals surface area contributed by atoms with Gasteiger partial charge in [-0.1, -0.05) is 6.42 Å². The number of nitrogens with one attached hydrogen (secondary N) is 1. The van der Waals surface area contributed by atoms with E-state index in [0.717, 1.165) is 30.0 Å². The van der Waals surface area contributed by atoms with Gasteiger partial charge in [-0.25, -0.2) is 9.97 Å². The highest BCUT2D eigenvalue weighted by atomic mass is 16.1. The Balaban J connectivity index is 1.83. The number of nitrogens with two attached hydrogens (primary N) is 1. The van der Waals surface area contributed by atoms with Gasteiger partial charge < -0.3 is 11.1 Å². The van der Waals surface area contributed by atoms with Crippen molar-refractivity contribution in [3.8, 4) is 0 Å². The maximum Gasteiger partial charge on any atom is 0.220 e. The lowest BCUT2D eigenvalue weighted by molar-refractivity contribution is -0.121. The lowest BCUT2D eigenvalue weighted by Crippen LogP contribution is -2.53. The van der Waals surface area contributed by atoms with Crippen molar-refractivity contribution in [1.82, 2.24) is 20.2 Å². The second-order valence-corrected chi connectivity index (χ2v) is 7.37. The molecule has 0 radical (unpaired) electrons. The number of anilines is 1. The van der Waals surface area contributed by atoms with Crippen molar-refractivity contribution in [1.29, 1.82) is 0 Å². The first-order chi connectivity index (χ1) is 11.3. The Labute approximate surface area is 145 Å². The Kier molecular flexibility index (Phi) is 6.15. The number of nitrogens with zero attached hydrogens (tertiary/aromatic N) is 3. The predicted molar refractivity (Wildman–Crippen MR) is 96.8 cm³/mol. The zero-order chi connectivity index (χ0) is 17.7. The maximum atomic E-state index is 12.2. The molecule has 1 aliphatic rings. The summed E-state index contributed by atoms with van der Waals surface area (Å²) in [5, 5.41) is 3.09. The van der Waals surface area contributed by atoms with Crippen molar-refractivity contribution < 1.29 is 4.79 Å². The fourth-order valence-corrected chi connectivity index (χ4v) is 3.38. The largest absolute Gasteiger partial charge is 0.368 e. The molecule has 0 unspecified atom stereocenters. The second-order valence-electron chi connectivity index (χ2n) is 7.37. The molecule has 134 valence electrons. The van der Waals surface area contributed by atoms with Gasteiger partial charge in [0, 0.05) is 29.9 Å². The Morgan fingerprint density at radius 2 is 1.75 bits per heavy atom. The van der Waals surface area contributed by atoms with Crippen LogP contribution in [-0.2, 0) is 11.2 Å². The van der Waals surface area contributed by atoms with E-state index < -0.39 is 0 Å². The van der Waals surface area contributed by atoms with Crippen molar-refractivity contribution >= 4 is 11.9 Å². The number of aryl methyl sites for hydroxylation is 2. The van der Waals surface area contributed by atoms with Crippen LogP contribution in [0.5, 0.6) is 0 Å². The molecular formula is C18H31N5O. The summed E-state index contributed by atoms with van der Waals surface area (Å²) in [5.74, 6) is 0.372. The molecule has 1 aliphatic heterocycles. The molecule has 2 heterocycles. The molecule has 6 nitrogen and oxygen atoms in total. The van der Waals surface area contributed by atoms with E-state index in [0.29, 0.717) is 25.3 Å². The van der Waals surface area contributed by atoms with E-state index in [1.54, 1.807) is 0 Å². The quantitative estimate of drug-likeness (QED) is 0.832. The first-order valence-electron chi connectivity index (χ1n) is 8.91. The normalized spacial score (nSPS) is 16.2. The van der Waals surface area contributed by atoms with E-state index in [4.69, 9.17) is 5.73 Å². The molecule has 2 rings (SSSR count). The van der Waals surface area contributed by atoms with Crippen LogP contribution in [0.25, 0.3) is 0 Å². The Bertz CT molecular complexity index is 556. The van der Waals surface area contributed by atoms with Crippen molar-refractivity contribution in [2.75, 3.05) is 25.4 Å². The van der Waals surface area contributed by atoms with Gasteiger partial charge in [0.25, 0.3) is 0 Å². The fraction of sp³-hybridized carbons (Fsp3) is 0.722. The highest BCUT2D eigenvalue weighted by Gasteiger charge is 2.28. The zero-order valence-electron chi connectivity index (χ0n) is 15.5. The van der Waals surface area contributed by atoms with Gasteiger partial charge in [0.1, 0.15) is 0 Å². The van der Waals surface area contributed by atoms with E-state index in [1.807, 2.05) is 13.8 Å². The van der Waals surface area contributed by atoms with Gasteiger partial charge in [-0.3, -0.25) is 9.69 Å². The van der Waals surface area contributed by atoms with Gasteiger partial charge in [-0.05, 0) is 65.6 Å². The number of amides is 1. The van der Waals surface area contributed by atoms with Crippen LogP contribution in [0.2, 0.25) is 0 Å². The van der Waals surface area contributed by atoms with E-state index in [1.165, 1.54) is 19.3 Å². The number of aromatic nitrogens is 2. The van der Waals surface area contributed by atoms with E-state index in [9.17, 15) is 4.79 Å². The average molecular weight is 333 g/mol. The summed E-state index contributed by atoms with van der Waals surface area (Å²) < 4.78 is 0. The molecule has 1 saturated heterocycles. The minimum Gasteiger partial charge on any atom is -0.368 e. The number of piperidine rings is 1. The van der Waals surface area contributed by atoms with Crippen molar-refractivity contribution in [3.63, 3.8) is 0 Å². The van der Waals surface area contributed by atoms with Crippen molar-refractivity contribution in [2.24, 2.45) is 0 Å². The number of likely N-dealkylation sites (tertiary alicyclic amines) is 1. The smallest absolute Gasteiger partial charge is 0.220 e. The molecule has 24 heavy (non-hydrogen) atoms. The first-order valence-corrected chi connectivity index (χ1v) is 8.91. The van der Waals surface area contributed by atoms with Crippen LogP contribution >= 0.6 is 0 Å². The molecule has 1 aromatic rings. The molecule has 0 spiro atoms. The summed E-state index contributed by atoms with van der Waals surface area (Å²) >= 11 is 0. The highest BCUT2D eigenvalue weighted by molar-refractivity contribution is 5.76. The molecule has 6 heteroatoms. The summed E-state index contributed by atoms with van der Waals surface area (Å²) in [6, 6.07) is 0. The fourth-order valence-electron chi connectivity index (χ4n) is 3.38. The molecule has 0 atom stereocenters. The number of hydrogen-bond acceptors (Lipinski definition) is 5. The molecule has 0 aromatic carbocycles. The van der Waals surface area contributed by atoms with Crippen LogP contribution in [0.4, 0.5) is 5.95 Å². The van der Waals surface area contributed by atoms with E-state index in [2.05, 4.69) is 34.0 Å². The average Bonchev–Trinajstić information content (AvgIpc) is 2.53. The monoisotopic (exact) mass is 333 g/mol. The lowest BCUT2D eigenvalue weighted by atomic mass is 9.98. The number of carbonyl (C=O) groups excluding carboxylic acids is 1.